The number of benzene rings is 1. The third kappa shape index (κ3) is 7.81. The normalized spacial score (nSPS) is 15.5. The quantitative estimate of drug-likeness (QED) is 0.249. The summed E-state index contributed by atoms with van der Waals surface area (Å²) in [6.45, 7) is 8.77. The minimum Gasteiger partial charge on any atom is -0.468 e. The van der Waals surface area contributed by atoms with Crippen LogP contribution < -0.4 is 16.0 Å². The molecule has 0 saturated carbocycles. The Morgan fingerprint density at radius 2 is 1.84 bits per heavy atom. The number of guanidine groups is 1. The molecular weight excluding hydrogens is 517 g/mol. The first-order valence-electron chi connectivity index (χ1n) is 11.4. The predicted octanol–water partition coefficient (Wildman–Crippen LogP) is 3.93. The van der Waals surface area contributed by atoms with Crippen molar-refractivity contribution in [3.63, 3.8) is 0 Å². The second-order valence-corrected chi connectivity index (χ2v) is 7.76. The molecule has 3 rings (SSSR count). The Labute approximate surface area is 208 Å². The molecule has 1 unspecified atom stereocenters. The van der Waals surface area contributed by atoms with Crippen molar-refractivity contribution in [3.8, 4) is 0 Å². The first kappa shape index (κ1) is 26.2. The molecule has 176 valence electrons. The summed E-state index contributed by atoms with van der Waals surface area (Å²) in [5, 5.41) is 9.66. The van der Waals surface area contributed by atoms with E-state index in [4.69, 9.17) is 9.41 Å². The van der Waals surface area contributed by atoms with Crippen LogP contribution in [-0.2, 0) is 6.54 Å². The fourth-order valence-electron chi connectivity index (χ4n) is 3.90. The number of halogens is 1. The average Bonchev–Trinajstić information content (AvgIpc) is 3.33. The van der Waals surface area contributed by atoms with Gasteiger partial charge < -0.3 is 20.4 Å². The number of furan rings is 1. The molecule has 0 aliphatic carbocycles. The van der Waals surface area contributed by atoms with Crippen LogP contribution in [0.3, 0.4) is 0 Å². The van der Waals surface area contributed by atoms with Gasteiger partial charge in [-0.25, -0.2) is 4.99 Å². The van der Waals surface area contributed by atoms with E-state index in [0.29, 0.717) is 18.7 Å². The maximum absolute atomic E-state index is 12.1. The summed E-state index contributed by atoms with van der Waals surface area (Å²) in [7, 11) is 0. The lowest BCUT2D eigenvalue weighted by atomic mass is 10.1. The predicted molar refractivity (Wildman–Crippen MR) is 140 cm³/mol. The maximum Gasteiger partial charge on any atom is 0.251 e. The number of amides is 1. The molecule has 1 atom stereocenters. The largest absolute Gasteiger partial charge is 0.468 e. The van der Waals surface area contributed by atoms with E-state index in [1.807, 2.05) is 37.3 Å². The van der Waals surface area contributed by atoms with Crippen LogP contribution in [0.1, 0.15) is 60.8 Å². The molecule has 8 heteroatoms. The summed E-state index contributed by atoms with van der Waals surface area (Å²) >= 11 is 0. The number of rotatable bonds is 9. The standard InChI is InChI=1S/C24H35N5O2.HI/c1-3-25-23(30)20-11-8-10-19(16-20)17-27-24(26-4-2)28-18-21(22-12-9-15-31-22)29-13-6-5-7-14-29;/h8-12,15-16,21H,3-7,13-14,17-18H2,1-2H3,(H,25,30)(H2,26,27,28);1H. The molecule has 1 amide bonds. The number of likely N-dealkylation sites (tertiary alicyclic amines) is 1. The lowest BCUT2D eigenvalue weighted by Crippen LogP contribution is -2.44. The van der Waals surface area contributed by atoms with Gasteiger partial charge >= 0.3 is 0 Å². The fourth-order valence-corrected chi connectivity index (χ4v) is 3.90. The zero-order valence-electron chi connectivity index (χ0n) is 19.1. The van der Waals surface area contributed by atoms with Gasteiger partial charge in [0.2, 0.25) is 0 Å². The number of carbonyl (C=O) groups is 1. The van der Waals surface area contributed by atoms with Crippen LogP contribution in [0, 0.1) is 0 Å². The van der Waals surface area contributed by atoms with Crippen molar-refractivity contribution in [2.75, 3.05) is 32.7 Å². The molecule has 1 aromatic carbocycles. The Balaban J connectivity index is 0.00000363. The summed E-state index contributed by atoms with van der Waals surface area (Å²) in [5.41, 5.74) is 1.66. The van der Waals surface area contributed by atoms with Gasteiger partial charge in [0, 0.05) is 25.2 Å². The van der Waals surface area contributed by atoms with E-state index < -0.39 is 0 Å². The highest BCUT2D eigenvalue weighted by molar-refractivity contribution is 14.0. The molecule has 0 bridgehead atoms. The van der Waals surface area contributed by atoms with Gasteiger partial charge in [-0.2, -0.15) is 0 Å². The second-order valence-electron chi connectivity index (χ2n) is 7.76. The van der Waals surface area contributed by atoms with Gasteiger partial charge in [0.05, 0.1) is 18.8 Å². The summed E-state index contributed by atoms with van der Waals surface area (Å²) in [6, 6.07) is 11.8. The molecule has 1 aliphatic heterocycles. The number of hydrogen-bond acceptors (Lipinski definition) is 4. The highest BCUT2D eigenvalue weighted by atomic mass is 127. The molecule has 32 heavy (non-hydrogen) atoms. The van der Waals surface area contributed by atoms with Gasteiger partial charge in [-0.05, 0) is 69.6 Å². The van der Waals surface area contributed by atoms with Crippen molar-refractivity contribution in [2.24, 2.45) is 4.99 Å². The number of piperidine rings is 1. The Morgan fingerprint density at radius 1 is 1.06 bits per heavy atom. The Morgan fingerprint density at radius 3 is 2.53 bits per heavy atom. The summed E-state index contributed by atoms with van der Waals surface area (Å²) in [5.74, 6) is 1.69. The van der Waals surface area contributed by atoms with E-state index in [2.05, 4.69) is 33.8 Å². The second kappa shape index (κ2) is 14.2. The van der Waals surface area contributed by atoms with Gasteiger partial charge in [0.15, 0.2) is 5.96 Å². The number of carbonyl (C=O) groups excluding carboxylic acids is 1. The van der Waals surface area contributed by atoms with Crippen LogP contribution in [0.25, 0.3) is 0 Å². The fraction of sp³-hybridized carbons (Fsp3) is 0.500. The average molecular weight is 553 g/mol. The minimum absolute atomic E-state index is 0. The van der Waals surface area contributed by atoms with E-state index >= 15 is 0 Å². The van der Waals surface area contributed by atoms with E-state index in [9.17, 15) is 4.79 Å². The zero-order valence-corrected chi connectivity index (χ0v) is 21.4. The molecule has 0 radical (unpaired) electrons. The number of aliphatic imine (C=N–C) groups is 1. The van der Waals surface area contributed by atoms with Gasteiger partial charge in [0.1, 0.15) is 5.76 Å². The number of nitrogens with zero attached hydrogens (tertiary/aromatic N) is 2. The zero-order chi connectivity index (χ0) is 21.9. The van der Waals surface area contributed by atoms with Crippen molar-refractivity contribution in [2.45, 2.75) is 45.7 Å². The van der Waals surface area contributed by atoms with Gasteiger partial charge in [-0.3, -0.25) is 9.69 Å². The molecule has 3 N–H and O–H groups in total. The van der Waals surface area contributed by atoms with E-state index in [1.54, 1.807) is 6.26 Å². The molecule has 2 aromatic rings. The number of nitrogens with one attached hydrogen (secondary N) is 3. The van der Waals surface area contributed by atoms with Crippen molar-refractivity contribution < 1.29 is 9.21 Å². The Bertz CT molecular complexity index is 835. The Kier molecular flexibility index (Phi) is 11.6. The first-order valence-corrected chi connectivity index (χ1v) is 11.4. The van der Waals surface area contributed by atoms with Crippen LogP contribution in [0.4, 0.5) is 0 Å². The molecule has 1 fully saturated rings. The minimum atomic E-state index is -0.0545. The Hall–Kier alpha value is -2.07. The molecule has 0 spiro atoms. The molecule has 7 nitrogen and oxygen atoms in total. The van der Waals surface area contributed by atoms with E-state index in [0.717, 1.165) is 43.5 Å². The van der Waals surface area contributed by atoms with Crippen molar-refractivity contribution in [3.05, 3.63) is 59.5 Å². The van der Waals surface area contributed by atoms with Crippen molar-refractivity contribution >= 4 is 35.8 Å². The van der Waals surface area contributed by atoms with Crippen molar-refractivity contribution in [1.29, 1.82) is 0 Å². The van der Waals surface area contributed by atoms with Gasteiger partial charge in [0.25, 0.3) is 5.91 Å². The highest BCUT2D eigenvalue weighted by Gasteiger charge is 2.24. The van der Waals surface area contributed by atoms with Crippen molar-refractivity contribution in [1.82, 2.24) is 20.9 Å². The summed E-state index contributed by atoms with van der Waals surface area (Å²) in [4.78, 5) is 19.3. The molecule has 1 aromatic heterocycles. The van der Waals surface area contributed by atoms with Crippen LogP contribution in [0.15, 0.2) is 52.1 Å². The monoisotopic (exact) mass is 553 g/mol. The lowest BCUT2D eigenvalue weighted by molar-refractivity contribution is 0.0955. The number of hydrogen-bond donors (Lipinski definition) is 3. The molecule has 1 saturated heterocycles. The van der Waals surface area contributed by atoms with Crippen LogP contribution in [0.2, 0.25) is 0 Å². The first-order chi connectivity index (χ1) is 15.2. The topological polar surface area (TPSA) is 81.9 Å². The SMILES string of the molecule is CCNC(=O)c1cccc(CN=C(NCC)NCC(c2ccco2)N2CCCCC2)c1.I. The molecular formula is C24H36IN5O2. The summed E-state index contributed by atoms with van der Waals surface area (Å²) < 4.78 is 5.75. The van der Waals surface area contributed by atoms with Gasteiger partial charge in [-0.1, -0.05) is 18.6 Å². The lowest BCUT2D eigenvalue weighted by Gasteiger charge is -2.33. The van der Waals surface area contributed by atoms with Crippen LogP contribution in [-0.4, -0.2) is 49.5 Å². The van der Waals surface area contributed by atoms with Crippen LogP contribution in [0.5, 0.6) is 0 Å². The smallest absolute Gasteiger partial charge is 0.251 e. The summed E-state index contributed by atoms with van der Waals surface area (Å²) in [6.07, 6.45) is 5.50. The van der Waals surface area contributed by atoms with Crippen LogP contribution >= 0.6 is 24.0 Å². The highest BCUT2D eigenvalue weighted by Crippen LogP contribution is 2.24. The molecule has 2 heterocycles. The molecule has 1 aliphatic rings. The third-order valence-electron chi connectivity index (χ3n) is 5.46. The van der Waals surface area contributed by atoms with Gasteiger partial charge in [-0.15, -0.1) is 24.0 Å². The maximum atomic E-state index is 12.1. The van der Waals surface area contributed by atoms with E-state index in [1.165, 1.54) is 19.3 Å². The third-order valence-corrected chi connectivity index (χ3v) is 5.46. The van der Waals surface area contributed by atoms with E-state index in [-0.39, 0.29) is 35.9 Å².